The molecule has 0 spiro atoms. The van der Waals surface area contributed by atoms with E-state index in [0.717, 1.165) is 70.9 Å². The molecule has 0 radical (unpaired) electrons. The van der Waals surface area contributed by atoms with Crippen molar-refractivity contribution in [1.29, 1.82) is 0 Å². The highest BCUT2D eigenvalue weighted by Gasteiger charge is 2.22. The molecular formula is C42H50O8. The minimum Gasteiger partial charge on any atom is -0.494 e. The Morgan fingerprint density at radius 3 is 1.16 bits per heavy atom. The summed E-state index contributed by atoms with van der Waals surface area (Å²) in [6.45, 7) is 10.7. The fraction of sp³-hybridized carbons (Fsp3) is 0.429. The van der Waals surface area contributed by atoms with Gasteiger partial charge in [0.15, 0.2) is 0 Å². The average molecular weight is 683 g/mol. The standard InChI is InChI=1S/C42H50O8/c1-31(45-25-23-43-27-41-29-49-41)33-5-9-35(10-6-33)37-13-17-39(18-14-37)47-21-3-4-22-48-40-19-15-38(16-20-40)36-11-7-34(8-12-36)32(2)46-26-24-44-28-42-30-50-42/h5-20,31-32,41-42H,3-4,21-30H2,1-2H3. The topological polar surface area (TPSA) is 80.4 Å². The average Bonchev–Trinajstić information content (AvgIpc) is 4.10. The number of hydrogen-bond donors (Lipinski definition) is 0. The van der Waals surface area contributed by atoms with Crippen molar-refractivity contribution >= 4 is 0 Å². The first-order valence-corrected chi connectivity index (χ1v) is 17.9. The van der Waals surface area contributed by atoms with E-state index in [4.69, 9.17) is 37.9 Å². The highest BCUT2D eigenvalue weighted by molar-refractivity contribution is 5.65. The summed E-state index contributed by atoms with van der Waals surface area (Å²) in [5.74, 6) is 1.75. The summed E-state index contributed by atoms with van der Waals surface area (Å²) in [5, 5.41) is 0. The van der Waals surface area contributed by atoms with E-state index in [1.54, 1.807) is 0 Å². The Kier molecular flexibility index (Phi) is 13.7. The van der Waals surface area contributed by atoms with E-state index in [1.165, 1.54) is 0 Å². The second-order valence-corrected chi connectivity index (χ2v) is 12.8. The van der Waals surface area contributed by atoms with Gasteiger partial charge in [0, 0.05) is 0 Å². The van der Waals surface area contributed by atoms with E-state index in [0.29, 0.717) is 65.1 Å². The van der Waals surface area contributed by atoms with E-state index in [1.807, 2.05) is 24.3 Å². The quantitative estimate of drug-likeness (QED) is 0.0572. The number of hydrogen-bond acceptors (Lipinski definition) is 8. The van der Waals surface area contributed by atoms with Gasteiger partial charge in [-0.15, -0.1) is 0 Å². The lowest BCUT2D eigenvalue weighted by atomic mass is 10.0. The molecule has 0 saturated carbocycles. The Balaban J connectivity index is 0.832. The molecule has 0 N–H and O–H groups in total. The molecule has 8 nitrogen and oxygen atoms in total. The molecule has 4 aromatic rings. The van der Waals surface area contributed by atoms with Crippen LogP contribution in [0.3, 0.4) is 0 Å². The van der Waals surface area contributed by atoms with E-state index < -0.39 is 0 Å². The van der Waals surface area contributed by atoms with Crippen LogP contribution in [0.5, 0.6) is 11.5 Å². The molecular weight excluding hydrogens is 632 g/mol. The van der Waals surface area contributed by atoms with Crippen LogP contribution in [0.4, 0.5) is 0 Å². The Hall–Kier alpha value is -3.76. The highest BCUT2D eigenvalue weighted by Crippen LogP contribution is 2.27. The zero-order valence-electron chi connectivity index (χ0n) is 29.3. The summed E-state index contributed by atoms with van der Waals surface area (Å²) < 4.78 is 45.2. The van der Waals surface area contributed by atoms with Crippen LogP contribution in [0.1, 0.15) is 50.0 Å². The zero-order valence-corrected chi connectivity index (χ0v) is 29.3. The molecule has 2 aliphatic rings. The maximum Gasteiger partial charge on any atom is 0.119 e. The molecule has 2 saturated heterocycles. The second-order valence-electron chi connectivity index (χ2n) is 12.8. The fourth-order valence-corrected chi connectivity index (χ4v) is 5.48. The number of rotatable bonds is 23. The molecule has 266 valence electrons. The molecule has 0 bridgehead atoms. The van der Waals surface area contributed by atoms with Crippen molar-refractivity contribution in [2.24, 2.45) is 0 Å². The van der Waals surface area contributed by atoms with Crippen LogP contribution in [0.15, 0.2) is 97.1 Å². The number of epoxide rings is 2. The maximum atomic E-state index is 5.99. The third kappa shape index (κ3) is 11.9. The Morgan fingerprint density at radius 2 is 0.820 bits per heavy atom. The lowest BCUT2D eigenvalue weighted by Gasteiger charge is -2.14. The van der Waals surface area contributed by atoms with E-state index in [-0.39, 0.29) is 12.2 Å². The molecule has 8 heteroatoms. The highest BCUT2D eigenvalue weighted by atomic mass is 16.6. The number of unbranched alkanes of at least 4 members (excludes halogenated alkanes) is 1. The molecule has 0 amide bonds. The van der Waals surface area contributed by atoms with Crippen LogP contribution in [0, 0.1) is 0 Å². The predicted octanol–water partition coefficient (Wildman–Crippen LogP) is 8.24. The third-order valence-corrected chi connectivity index (χ3v) is 8.81. The normalized spacial score (nSPS) is 17.6. The van der Waals surface area contributed by atoms with Crippen molar-refractivity contribution in [2.45, 2.75) is 51.1 Å². The lowest BCUT2D eigenvalue weighted by Crippen LogP contribution is -2.10. The predicted molar refractivity (Wildman–Crippen MR) is 194 cm³/mol. The van der Waals surface area contributed by atoms with Gasteiger partial charge in [-0.1, -0.05) is 72.8 Å². The maximum absolute atomic E-state index is 5.99. The number of ether oxygens (including phenoxy) is 8. The van der Waals surface area contributed by atoms with Crippen LogP contribution in [-0.4, -0.2) is 78.3 Å². The summed E-state index contributed by atoms with van der Waals surface area (Å²) in [6, 6.07) is 33.6. The lowest BCUT2D eigenvalue weighted by molar-refractivity contribution is 0.00816. The van der Waals surface area contributed by atoms with E-state index in [2.05, 4.69) is 86.6 Å². The fourth-order valence-electron chi connectivity index (χ4n) is 5.48. The van der Waals surface area contributed by atoms with Crippen LogP contribution in [0.2, 0.25) is 0 Å². The monoisotopic (exact) mass is 682 g/mol. The van der Waals surface area contributed by atoms with Crippen molar-refractivity contribution in [3.05, 3.63) is 108 Å². The van der Waals surface area contributed by atoms with Crippen LogP contribution < -0.4 is 9.47 Å². The molecule has 2 aliphatic heterocycles. The first-order valence-electron chi connectivity index (χ1n) is 17.9. The van der Waals surface area contributed by atoms with Gasteiger partial charge in [-0.05, 0) is 84.3 Å². The van der Waals surface area contributed by atoms with Crippen molar-refractivity contribution in [3.63, 3.8) is 0 Å². The third-order valence-electron chi connectivity index (χ3n) is 8.81. The van der Waals surface area contributed by atoms with Crippen molar-refractivity contribution < 1.29 is 37.9 Å². The van der Waals surface area contributed by atoms with Crippen LogP contribution in [0.25, 0.3) is 22.3 Å². The van der Waals surface area contributed by atoms with Gasteiger partial charge >= 0.3 is 0 Å². The number of benzene rings is 4. The molecule has 2 heterocycles. The summed E-state index contributed by atoms with van der Waals surface area (Å²) in [7, 11) is 0. The molecule has 4 unspecified atom stereocenters. The molecule has 4 aromatic carbocycles. The van der Waals surface area contributed by atoms with Gasteiger partial charge in [-0.2, -0.15) is 0 Å². The summed E-state index contributed by atoms with van der Waals surface area (Å²) in [6.07, 6.45) is 2.44. The minimum atomic E-state index is 0.0145. The SMILES string of the molecule is CC(OCCOCC1CO1)c1ccc(-c2ccc(OCCCCOc3ccc(-c4ccc(C(C)OCCOCC5CO5)cc4)cc3)cc2)cc1. The Bertz CT molecular complexity index is 1410. The first-order chi connectivity index (χ1) is 24.6. The van der Waals surface area contributed by atoms with Crippen molar-refractivity contribution in [3.8, 4) is 33.8 Å². The summed E-state index contributed by atoms with van der Waals surface area (Å²) >= 11 is 0. The molecule has 0 aromatic heterocycles. The van der Waals surface area contributed by atoms with Gasteiger partial charge in [-0.3, -0.25) is 0 Å². The summed E-state index contributed by atoms with van der Waals surface area (Å²) in [4.78, 5) is 0. The van der Waals surface area contributed by atoms with Gasteiger partial charge in [0.05, 0.1) is 78.3 Å². The van der Waals surface area contributed by atoms with Gasteiger partial charge in [0.1, 0.15) is 23.7 Å². The van der Waals surface area contributed by atoms with Gasteiger partial charge in [-0.25, -0.2) is 0 Å². The van der Waals surface area contributed by atoms with Gasteiger partial charge in [0.2, 0.25) is 0 Å². The van der Waals surface area contributed by atoms with Crippen molar-refractivity contribution in [1.82, 2.24) is 0 Å². The molecule has 2 fully saturated rings. The smallest absolute Gasteiger partial charge is 0.119 e. The van der Waals surface area contributed by atoms with Gasteiger partial charge < -0.3 is 37.9 Å². The molecule has 4 atom stereocenters. The van der Waals surface area contributed by atoms with Gasteiger partial charge in [0.25, 0.3) is 0 Å². The zero-order chi connectivity index (χ0) is 34.4. The molecule has 0 aliphatic carbocycles. The molecule has 6 rings (SSSR count). The summed E-state index contributed by atoms with van der Waals surface area (Å²) in [5.41, 5.74) is 6.93. The molecule has 50 heavy (non-hydrogen) atoms. The van der Waals surface area contributed by atoms with E-state index in [9.17, 15) is 0 Å². The van der Waals surface area contributed by atoms with Crippen molar-refractivity contribution in [2.75, 3.05) is 66.1 Å². The van der Waals surface area contributed by atoms with Crippen LogP contribution >= 0.6 is 0 Å². The minimum absolute atomic E-state index is 0.0145. The Morgan fingerprint density at radius 1 is 0.480 bits per heavy atom. The van der Waals surface area contributed by atoms with E-state index >= 15 is 0 Å². The first kappa shape index (κ1) is 36.0. The van der Waals surface area contributed by atoms with Crippen LogP contribution in [-0.2, 0) is 28.4 Å². The second kappa shape index (κ2) is 19.0. The largest absolute Gasteiger partial charge is 0.494 e. The Labute approximate surface area is 296 Å².